The van der Waals surface area contributed by atoms with Crippen molar-refractivity contribution in [2.45, 2.75) is 51.2 Å². The van der Waals surface area contributed by atoms with E-state index in [1.165, 1.54) is 5.56 Å². The van der Waals surface area contributed by atoms with Gasteiger partial charge in [-0.25, -0.2) is 8.42 Å². The number of ketones is 1. The zero-order valence-corrected chi connectivity index (χ0v) is 18.7. The molecule has 160 valence electrons. The minimum atomic E-state index is -3.66. The molecule has 2 aliphatic heterocycles. The quantitative estimate of drug-likeness (QED) is 0.704. The van der Waals surface area contributed by atoms with Crippen molar-refractivity contribution in [1.82, 2.24) is 9.21 Å². The standard InChI is InChI=1S/C24H30N2O3S/c1-18-9-11-22(12-10-18)30(28,29)26-17-21(15-19(2)27)24(3)13-14-25(23(24)26)16-20-7-5-4-6-8-20/h4-12,21,23H,13-17H2,1-3H3/t21-,23+,24-/m1/s1. The number of sulfonamides is 1. The SMILES string of the molecule is CC(=O)C[C@@H]1CN(S(=O)(=O)c2ccc(C)cc2)[C@@H]2N(Cc3ccccc3)CC[C@]12C. The molecule has 2 aliphatic rings. The van der Waals surface area contributed by atoms with Crippen LogP contribution in [0.2, 0.25) is 0 Å². The molecule has 2 aromatic rings. The molecule has 5 nitrogen and oxygen atoms in total. The maximum absolute atomic E-state index is 13.7. The van der Waals surface area contributed by atoms with Gasteiger partial charge < -0.3 is 4.79 Å². The van der Waals surface area contributed by atoms with Crippen LogP contribution in [0.15, 0.2) is 59.5 Å². The molecule has 0 saturated carbocycles. The average molecular weight is 427 g/mol. The number of benzene rings is 2. The summed E-state index contributed by atoms with van der Waals surface area (Å²) in [6.07, 6.45) is 1.07. The van der Waals surface area contributed by atoms with Crippen LogP contribution in [0, 0.1) is 18.3 Å². The van der Waals surface area contributed by atoms with Crippen LogP contribution in [-0.4, -0.2) is 42.7 Å². The summed E-state index contributed by atoms with van der Waals surface area (Å²) in [5, 5.41) is 0. The lowest BCUT2D eigenvalue weighted by atomic mass is 9.75. The van der Waals surface area contributed by atoms with Crippen molar-refractivity contribution in [2.24, 2.45) is 11.3 Å². The van der Waals surface area contributed by atoms with Crippen LogP contribution in [0.25, 0.3) is 0 Å². The lowest BCUT2D eigenvalue weighted by Gasteiger charge is -2.35. The molecule has 0 aromatic heterocycles. The third kappa shape index (κ3) is 3.72. The Hall–Kier alpha value is -2.02. The fourth-order valence-corrected chi connectivity index (χ4v) is 6.97. The van der Waals surface area contributed by atoms with Gasteiger partial charge in [0.15, 0.2) is 0 Å². The number of carbonyl (C=O) groups is 1. The van der Waals surface area contributed by atoms with Crippen LogP contribution in [0.5, 0.6) is 0 Å². The molecule has 0 radical (unpaired) electrons. The van der Waals surface area contributed by atoms with E-state index in [9.17, 15) is 13.2 Å². The zero-order chi connectivity index (χ0) is 21.5. The molecule has 3 atom stereocenters. The Labute approximate surface area is 179 Å². The highest BCUT2D eigenvalue weighted by Crippen LogP contribution is 2.53. The second-order valence-corrected chi connectivity index (χ2v) is 11.0. The normalized spacial score (nSPS) is 27.3. The second kappa shape index (κ2) is 7.91. The molecule has 0 bridgehead atoms. The largest absolute Gasteiger partial charge is 0.300 e. The van der Waals surface area contributed by atoms with Gasteiger partial charge in [0.25, 0.3) is 0 Å². The molecule has 0 unspecified atom stereocenters. The van der Waals surface area contributed by atoms with Crippen molar-refractivity contribution in [2.75, 3.05) is 13.1 Å². The number of nitrogens with zero attached hydrogens (tertiary/aromatic N) is 2. The van der Waals surface area contributed by atoms with E-state index < -0.39 is 10.0 Å². The van der Waals surface area contributed by atoms with Crippen LogP contribution in [0.4, 0.5) is 0 Å². The van der Waals surface area contributed by atoms with Crippen LogP contribution < -0.4 is 0 Å². The molecule has 0 aliphatic carbocycles. The van der Waals surface area contributed by atoms with E-state index in [4.69, 9.17) is 0 Å². The van der Waals surface area contributed by atoms with Crippen molar-refractivity contribution in [1.29, 1.82) is 0 Å². The summed E-state index contributed by atoms with van der Waals surface area (Å²) in [4.78, 5) is 14.6. The Morgan fingerprint density at radius 3 is 2.40 bits per heavy atom. The molecule has 2 heterocycles. The summed E-state index contributed by atoms with van der Waals surface area (Å²) in [5.41, 5.74) is 1.96. The van der Waals surface area contributed by atoms with Crippen molar-refractivity contribution in [3.05, 3.63) is 65.7 Å². The lowest BCUT2D eigenvalue weighted by Crippen LogP contribution is -2.48. The van der Waals surface area contributed by atoms with Crippen LogP contribution >= 0.6 is 0 Å². The number of hydrogen-bond acceptors (Lipinski definition) is 4. The Morgan fingerprint density at radius 2 is 1.77 bits per heavy atom. The van der Waals surface area contributed by atoms with Crippen molar-refractivity contribution >= 4 is 15.8 Å². The number of likely N-dealkylation sites (tertiary alicyclic amines) is 1. The maximum Gasteiger partial charge on any atom is 0.244 e. The minimum absolute atomic E-state index is 0.0287. The van der Waals surface area contributed by atoms with Gasteiger partial charge in [0.2, 0.25) is 10.0 Å². The predicted molar refractivity (Wildman–Crippen MR) is 117 cm³/mol. The van der Waals surface area contributed by atoms with Gasteiger partial charge in [-0.3, -0.25) is 4.90 Å². The summed E-state index contributed by atoms with van der Waals surface area (Å²) in [5.74, 6) is 0.150. The highest BCUT2D eigenvalue weighted by Gasteiger charge is 2.59. The highest BCUT2D eigenvalue weighted by molar-refractivity contribution is 7.89. The Bertz CT molecular complexity index is 1020. The van der Waals surface area contributed by atoms with Crippen LogP contribution in [-0.2, 0) is 21.4 Å². The van der Waals surface area contributed by atoms with E-state index in [-0.39, 0.29) is 23.3 Å². The molecule has 0 N–H and O–H groups in total. The molecule has 0 amide bonds. The predicted octanol–water partition coefficient (Wildman–Crippen LogP) is 3.83. The number of Topliss-reactive ketones (excluding diaryl/α,β-unsaturated/α-hetero) is 1. The fraction of sp³-hybridized carbons (Fsp3) is 0.458. The topological polar surface area (TPSA) is 57.7 Å². The molecular formula is C24H30N2O3S. The summed E-state index contributed by atoms with van der Waals surface area (Å²) < 4.78 is 29.0. The first-order valence-electron chi connectivity index (χ1n) is 10.6. The molecule has 6 heteroatoms. The van der Waals surface area contributed by atoms with Gasteiger partial charge in [-0.15, -0.1) is 0 Å². The number of aryl methyl sites for hydroxylation is 1. The molecular weight excluding hydrogens is 396 g/mol. The minimum Gasteiger partial charge on any atom is -0.300 e. The van der Waals surface area contributed by atoms with E-state index in [2.05, 4.69) is 24.0 Å². The van der Waals surface area contributed by atoms with Gasteiger partial charge in [-0.2, -0.15) is 4.31 Å². The van der Waals surface area contributed by atoms with E-state index >= 15 is 0 Å². The number of hydrogen-bond donors (Lipinski definition) is 0. The summed E-state index contributed by atoms with van der Waals surface area (Å²) >= 11 is 0. The van der Waals surface area contributed by atoms with Gasteiger partial charge in [0.05, 0.1) is 11.1 Å². The van der Waals surface area contributed by atoms with E-state index in [0.717, 1.165) is 18.5 Å². The third-order valence-electron chi connectivity index (χ3n) is 6.87. The highest BCUT2D eigenvalue weighted by atomic mass is 32.2. The molecule has 30 heavy (non-hydrogen) atoms. The van der Waals surface area contributed by atoms with Crippen molar-refractivity contribution in [3.63, 3.8) is 0 Å². The second-order valence-electron chi connectivity index (χ2n) is 9.08. The Balaban J connectivity index is 1.72. The van der Waals surface area contributed by atoms with E-state index in [1.807, 2.05) is 37.3 Å². The molecule has 2 aromatic carbocycles. The smallest absolute Gasteiger partial charge is 0.244 e. The van der Waals surface area contributed by atoms with Crippen LogP contribution in [0.1, 0.15) is 37.8 Å². The summed E-state index contributed by atoms with van der Waals surface area (Å²) in [6, 6.07) is 17.2. The first kappa shape index (κ1) is 21.2. The van der Waals surface area contributed by atoms with Gasteiger partial charge in [0.1, 0.15) is 5.78 Å². The van der Waals surface area contributed by atoms with E-state index in [1.54, 1.807) is 23.4 Å². The number of carbonyl (C=O) groups excluding carboxylic acids is 1. The van der Waals surface area contributed by atoms with Crippen molar-refractivity contribution < 1.29 is 13.2 Å². The molecule has 0 spiro atoms. The third-order valence-corrected chi connectivity index (χ3v) is 8.70. The van der Waals surface area contributed by atoms with Gasteiger partial charge in [-0.1, -0.05) is 55.0 Å². The molecule has 2 saturated heterocycles. The summed E-state index contributed by atoms with van der Waals surface area (Å²) in [7, 11) is -3.66. The monoisotopic (exact) mass is 426 g/mol. The van der Waals surface area contributed by atoms with Crippen LogP contribution in [0.3, 0.4) is 0 Å². The number of rotatable bonds is 6. The summed E-state index contributed by atoms with van der Waals surface area (Å²) in [6.45, 7) is 7.64. The first-order valence-corrected chi connectivity index (χ1v) is 12.0. The Morgan fingerprint density at radius 1 is 1.10 bits per heavy atom. The van der Waals surface area contributed by atoms with E-state index in [0.29, 0.717) is 24.4 Å². The molecule has 4 rings (SSSR count). The lowest BCUT2D eigenvalue weighted by molar-refractivity contribution is -0.118. The Kier molecular flexibility index (Phi) is 5.60. The van der Waals surface area contributed by atoms with Gasteiger partial charge in [-0.05, 0) is 43.9 Å². The van der Waals surface area contributed by atoms with Gasteiger partial charge in [0, 0.05) is 31.5 Å². The first-order chi connectivity index (χ1) is 14.2. The fourth-order valence-electron chi connectivity index (χ4n) is 5.21. The van der Waals surface area contributed by atoms with Crippen molar-refractivity contribution in [3.8, 4) is 0 Å². The molecule has 2 fully saturated rings. The van der Waals surface area contributed by atoms with Gasteiger partial charge >= 0.3 is 0 Å². The maximum atomic E-state index is 13.7. The zero-order valence-electron chi connectivity index (χ0n) is 17.9. The average Bonchev–Trinajstić information content (AvgIpc) is 3.17. The number of fused-ring (bicyclic) bond motifs is 1.